The van der Waals surface area contributed by atoms with Gasteiger partial charge in [-0.3, -0.25) is 4.79 Å². The van der Waals surface area contributed by atoms with Gasteiger partial charge in [0.15, 0.2) is 5.16 Å². The van der Waals surface area contributed by atoms with Crippen LogP contribution in [0.4, 0.5) is 0 Å². The molecule has 5 nitrogen and oxygen atoms in total. The minimum Gasteiger partial charge on any atom is -0.390 e. The Morgan fingerprint density at radius 2 is 1.89 bits per heavy atom. The largest absolute Gasteiger partial charge is 0.390 e. The van der Waals surface area contributed by atoms with Gasteiger partial charge in [-0.2, -0.15) is 0 Å². The van der Waals surface area contributed by atoms with Crippen LogP contribution in [-0.4, -0.2) is 20.6 Å². The fourth-order valence-electron chi connectivity index (χ4n) is 2.86. The van der Waals surface area contributed by atoms with Crippen molar-refractivity contribution in [1.29, 1.82) is 0 Å². The number of aliphatic hydroxyl groups is 1. The molecular formula is C22H25N3O2S. The minimum atomic E-state index is -0.150. The predicted molar refractivity (Wildman–Crippen MR) is 112 cm³/mol. The molecule has 0 saturated heterocycles. The first-order valence-corrected chi connectivity index (χ1v) is 10.2. The van der Waals surface area contributed by atoms with Crippen LogP contribution in [0.25, 0.3) is 0 Å². The predicted octanol–water partition coefficient (Wildman–Crippen LogP) is 3.60. The van der Waals surface area contributed by atoms with E-state index < -0.39 is 0 Å². The lowest BCUT2D eigenvalue weighted by molar-refractivity contribution is -0.122. The highest BCUT2D eigenvalue weighted by atomic mass is 32.2. The summed E-state index contributed by atoms with van der Waals surface area (Å²) < 4.78 is 1.78. The molecule has 0 spiro atoms. The standard InChI is InChI=1S/C22H25N3O2S/c1-16-6-8-18(9-7-16)11-23-21(27)13-25-20(14-26)12-24-22(25)28-15-19-5-3-4-17(2)10-19/h3-10,12,26H,11,13-15H2,1-2H3,(H,23,27). The Morgan fingerprint density at radius 1 is 1.11 bits per heavy atom. The summed E-state index contributed by atoms with van der Waals surface area (Å²) >= 11 is 1.56. The first-order chi connectivity index (χ1) is 13.5. The Kier molecular flexibility index (Phi) is 6.90. The van der Waals surface area contributed by atoms with E-state index in [2.05, 4.69) is 35.4 Å². The van der Waals surface area contributed by atoms with Crippen molar-refractivity contribution in [1.82, 2.24) is 14.9 Å². The molecule has 3 rings (SSSR count). The van der Waals surface area contributed by atoms with Gasteiger partial charge in [0.25, 0.3) is 0 Å². The normalized spacial score (nSPS) is 10.8. The van der Waals surface area contributed by atoms with E-state index in [1.54, 1.807) is 22.5 Å². The first-order valence-electron chi connectivity index (χ1n) is 9.21. The third-order valence-electron chi connectivity index (χ3n) is 4.43. The maximum atomic E-state index is 12.4. The second-order valence-electron chi connectivity index (χ2n) is 6.82. The number of aromatic nitrogens is 2. The molecule has 1 heterocycles. The van der Waals surface area contributed by atoms with Gasteiger partial charge in [0, 0.05) is 12.3 Å². The highest BCUT2D eigenvalue weighted by Crippen LogP contribution is 2.23. The minimum absolute atomic E-state index is 0.106. The van der Waals surface area contributed by atoms with Crippen LogP contribution in [0.1, 0.15) is 27.9 Å². The average Bonchev–Trinajstić information content (AvgIpc) is 3.07. The Bertz CT molecular complexity index is 935. The summed E-state index contributed by atoms with van der Waals surface area (Å²) in [6.07, 6.45) is 1.63. The van der Waals surface area contributed by atoms with Gasteiger partial charge in [-0.05, 0) is 25.0 Å². The number of hydrogen-bond donors (Lipinski definition) is 2. The van der Waals surface area contributed by atoms with Gasteiger partial charge in [-0.15, -0.1) is 0 Å². The van der Waals surface area contributed by atoms with Crippen molar-refractivity contribution in [3.05, 3.63) is 82.7 Å². The highest BCUT2D eigenvalue weighted by Gasteiger charge is 2.13. The lowest BCUT2D eigenvalue weighted by atomic mass is 10.1. The van der Waals surface area contributed by atoms with Crippen LogP contribution in [0.3, 0.4) is 0 Å². The van der Waals surface area contributed by atoms with E-state index in [9.17, 15) is 9.90 Å². The van der Waals surface area contributed by atoms with E-state index in [1.807, 2.05) is 37.3 Å². The van der Waals surface area contributed by atoms with E-state index in [4.69, 9.17) is 0 Å². The smallest absolute Gasteiger partial charge is 0.240 e. The molecular weight excluding hydrogens is 370 g/mol. The first kappa shape index (κ1) is 20.2. The number of amides is 1. The molecule has 1 amide bonds. The van der Waals surface area contributed by atoms with Gasteiger partial charge in [-0.25, -0.2) is 4.98 Å². The molecule has 6 heteroatoms. The van der Waals surface area contributed by atoms with Gasteiger partial charge >= 0.3 is 0 Å². The molecule has 2 N–H and O–H groups in total. The van der Waals surface area contributed by atoms with E-state index in [0.717, 1.165) is 16.5 Å². The molecule has 0 aliphatic rings. The van der Waals surface area contributed by atoms with Gasteiger partial charge in [0.1, 0.15) is 6.54 Å². The molecule has 0 unspecified atom stereocenters. The summed E-state index contributed by atoms with van der Waals surface area (Å²) in [5.74, 6) is 0.653. The third-order valence-corrected chi connectivity index (χ3v) is 5.49. The number of carbonyl (C=O) groups excluding carboxylic acids is 1. The lowest BCUT2D eigenvalue weighted by Gasteiger charge is -2.11. The van der Waals surface area contributed by atoms with Crippen LogP contribution >= 0.6 is 11.8 Å². The summed E-state index contributed by atoms with van der Waals surface area (Å²) in [4.78, 5) is 16.8. The van der Waals surface area contributed by atoms with Crippen LogP contribution in [0.5, 0.6) is 0 Å². The third kappa shape index (κ3) is 5.47. The monoisotopic (exact) mass is 395 g/mol. The molecule has 0 bridgehead atoms. The molecule has 3 aromatic rings. The summed E-state index contributed by atoms with van der Waals surface area (Å²) in [5.41, 5.74) is 5.30. The van der Waals surface area contributed by atoms with Crippen LogP contribution in [-0.2, 0) is 30.2 Å². The second kappa shape index (κ2) is 9.57. The Labute approximate surface area is 169 Å². The topological polar surface area (TPSA) is 67.2 Å². The number of thioether (sulfide) groups is 1. The molecule has 1 aromatic heterocycles. The molecule has 0 saturated carbocycles. The van der Waals surface area contributed by atoms with E-state index in [1.165, 1.54) is 16.7 Å². The molecule has 0 atom stereocenters. The zero-order valence-electron chi connectivity index (χ0n) is 16.2. The molecule has 146 valence electrons. The lowest BCUT2D eigenvalue weighted by Crippen LogP contribution is -2.28. The zero-order chi connectivity index (χ0) is 19.9. The fourth-order valence-corrected chi connectivity index (χ4v) is 3.80. The number of hydrogen-bond acceptors (Lipinski definition) is 4. The molecule has 2 aromatic carbocycles. The number of benzene rings is 2. The van der Waals surface area contributed by atoms with Gasteiger partial charge < -0.3 is 15.0 Å². The van der Waals surface area contributed by atoms with Crippen LogP contribution in [0.15, 0.2) is 59.9 Å². The number of imidazole rings is 1. The zero-order valence-corrected chi connectivity index (χ0v) is 17.0. The number of carbonyl (C=O) groups is 1. The highest BCUT2D eigenvalue weighted by molar-refractivity contribution is 7.98. The summed E-state index contributed by atoms with van der Waals surface area (Å²) in [6.45, 7) is 4.57. The number of nitrogens with one attached hydrogen (secondary N) is 1. The maximum absolute atomic E-state index is 12.4. The van der Waals surface area contributed by atoms with Crippen molar-refractivity contribution in [2.24, 2.45) is 0 Å². The number of aliphatic hydroxyl groups excluding tert-OH is 1. The van der Waals surface area contributed by atoms with E-state index in [-0.39, 0.29) is 19.1 Å². The Hall–Kier alpha value is -2.57. The Morgan fingerprint density at radius 3 is 2.61 bits per heavy atom. The second-order valence-corrected chi connectivity index (χ2v) is 7.76. The van der Waals surface area contributed by atoms with Crippen molar-refractivity contribution in [2.45, 2.75) is 44.5 Å². The summed E-state index contributed by atoms with van der Waals surface area (Å²) in [7, 11) is 0. The molecule has 0 radical (unpaired) electrons. The molecule has 28 heavy (non-hydrogen) atoms. The molecule has 0 aliphatic heterocycles. The van der Waals surface area contributed by atoms with Crippen molar-refractivity contribution in [3.8, 4) is 0 Å². The number of rotatable bonds is 8. The van der Waals surface area contributed by atoms with Crippen molar-refractivity contribution < 1.29 is 9.90 Å². The quantitative estimate of drug-likeness (QED) is 0.572. The van der Waals surface area contributed by atoms with E-state index >= 15 is 0 Å². The number of aryl methyl sites for hydroxylation is 2. The van der Waals surface area contributed by atoms with Gasteiger partial charge in [-0.1, -0.05) is 71.4 Å². The van der Waals surface area contributed by atoms with Gasteiger partial charge in [0.2, 0.25) is 5.91 Å². The van der Waals surface area contributed by atoms with Crippen LogP contribution in [0.2, 0.25) is 0 Å². The van der Waals surface area contributed by atoms with E-state index in [0.29, 0.717) is 12.2 Å². The van der Waals surface area contributed by atoms with Gasteiger partial charge in [0.05, 0.1) is 18.5 Å². The molecule has 0 aliphatic carbocycles. The van der Waals surface area contributed by atoms with Crippen LogP contribution in [0, 0.1) is 13.8 Å². The SMILES string of the molecule is Cc1ccc(CNC(=O)Cn2c(CO)cnc2SCc2cccc(C)c2)cc1. The van der Waals surface area contributed by atoms with Crippen molar-refractivity contribution in [3.63, 3.8) is 0 Å². The summed E-state index contributed by atoms with van der Waals surface area (Å²) in [5, 5.41) is 13.3. The van der Waals surface area contributed by atoms with Crippen LogP contribution < -0.4 is 5.32 Å². The average molecular weight is 396 g/mol. The van der Waals surface area contributed by atoms with Crippen molar-refractivity contribution >= 4 is 17.7 Å². The maximum Gasteiger partial charge on any atom is 0.240 e. The fraction of sp³-hybridized carbons (Fsp3) is 0.273. The Balaban J connectivity index is 1.62. The summed E-state index contributed by atoms with van der Waals surface area (Å²) in [6, 6.07) is 16.4. The molecule has 0 fully saturated rings. The van der Waals surface area contributed by atoms with Crippen molar-refractivity contribution in [2.75, 3.05) is 0 Å². The number of nitrogens with zero attached hydrogens (tertiary/aromatic N) is 2.